The quantitative estimate of drug-likeness (QED) is 0.610. The number of aryl methyl sites for hydroxylation is 2. The lowest BCUT2D eigenvalue weighted by atomic mass is 10.1. The average Bonchev–Trinajstić information content (AvgIpc) is 3.38. The fourth-order valence-corrected chi connectivity index (χ4v) is 5.08. The Morgan fingerprint density at radius 3 is 2.73 bits per heavy atom. The van der Waals surface area contributed by atoms with E-state index in [4.69, 9.17) is 11.6 Å². The molecule has 1 fully saturated rings. The summed E-state index contributed by atoms with van der Waals surface area (Å²) in [4.78, 5) is 26.7. The van der Waals surface area contributed by atoms with Crippen molar-refractivity contribution in [2.45, 2.75) is 44.4 Å². The lowest BCUT2D eigenvalue weighted by Gasteiger charge is -2.07. The van der Waals surface area contributed by atoms with Crippen molar-refractivity contribution in [3.63, 3.8) is 0 Å². The van der Waals surface area contributed by atoms with Gasteiger partial charge in [0.15, 0.2) is 0 Å². The molecule has 2 aliphatic rings. The highest BCUT2D eigenvalue weighted by Crippen LogP contribution is 2.49. The van der Waals surface area contributed by atoms with Gasteiger partial charge in [-0.3, -0.25) is 20.4 Å². The molecule has 1 aromatic heterocycles. The Labute approximate surface area is 161 Å². The maximum atomic E-state index is 12.4. The van der Waals surface area contributed by atoms with Crippen LogP contribution in [0.2, 0.25) is 5.02 Å². The lowest BCUT2D eigenvalue weighted by molar-refractivity contribution is -0.123. The molecule has 4 nitrogen and oxygen atoms in total. The van der Waals surface area contributed by atoms with E-state index < -0.39 is 0 Å². The zero-order valence-electron chi connectivity index (χ0n) is 14.4. The zero-order valence-corrected chi connectivity index (χ0v) is 16.0. The number of carbonyl (C=O) groups is 2. The fraction of sp³-hybridized carbons (Fsp3) is 0.400. The van der Waals surface area contributed by atoms with Crippen LogP contribution in [0, 0.1) is 5.92 Å². The minimum atomic E-state index is -0.230. The minimum absolute atomic E-state index is 0.129. The van der Waals surface area contributed by atoms with Crippen LogP contribution in [0.5, 0.6) is 0 Å². The Balaban J connectivity index is 1.32. The summed E-state index contributed by atoms with van der Waals surface area (Å²) in [5.74, 6) is -0.374. The fourth-order valence-electron chi connectivity index (χ4n) is 3.66. The van der Waals surface area contributed by atoms with E-state index in [1.165, 1.54) is 29.7 Å². The first-order valence-electron chi connectivity index (χ1n) is 9.09. The Kier molecular flexibility index (Phi) is 5.00. The van der Waals surface area contributed by atoms with E-state index in [0.717, 1.165) is 24.8 Å². The molecule has 2 atom stereocenters. The smallest absolute Gasteiger partial charge is 0.273 e. The van der Waals surface area contributed by atoms with E-state index in [0.29, 0.717) is 9.90 Å². The van der Waals surface area contributed by atoms with Gasteiger partial charge in [0.1, 0.15) is 0 Å². The molecule has 0 bridgehead atoms. The largest absolute Gasteiger partial charge is 0.279 e. The average molecular weight is 389 g/mol. The number of thiophene rings is 1. The van der Waals surface area contributed by atoms with Crippen molar-refractivity contribution in [3.05, 3.63) is 56.2 Å². The Morgan fingerprint density at radius 2 is 1.88 bits per heavy atom. The maximum Gasteiger partial charge on any atom is 0.279 e. The number of benzene rings is 1. The number of hydrogen-bond donors (Lipinski definition) is 2. The Hall–Kier alpha value is -1.85. The molecule has 6 heteroatoms. The van der Waals surface area contributed by atoms with Crippen LogP contribution in [-0.2, 0) is 17.6 Å². The topological polar surface area (TPSA) is 58.2 Å². The van der Waals surface area contributed by atoms with Crippen LogP contribution < -0.4 is 10.9 Å². The molecule has 2 unspecified atom stereocenters. The van der Waals surface area contributed by atoms with Crippen LogP contribution in [-0.4, -0.2) is 11.8 Å². The summed E-state index contributed by atoms with van der Waals surface area (Å²) in [6.45, 7) is 0. The molecule has 2 aliphatic carbocycles. The molecule has 1 aromatic carbocycles. The van der Waals surface area contributed by atoms with Crippen molar-refractivity contribution in [1.29, 1.82) is 0 Å². The van der Waals surface area contributed by atoms with Crippen molar-refractivity contribution < 1.29 is 9.59 Å². The molecule has 136 valence electrons. The van der Waals surface area contributed by atoms with E-state index in [-0.39, 0.29) is 23.7 Å². The Bertz CT molecular complexity index is 825. The third-order valence-electron chi connectivity index (χ3n) is 5.20. The van der Waals surface area contributed by atoms with E-state index in [1.807, 2.05) is 30.3 Å². The number of halogens is 1. The van der Waals surface area contributed by atoms with Crippen LogP contribution in [0.25, 0.3) is 0 Å². The first-order valence-corrected chi connectivity index (χ1v) is 10.3. The van der Waals surface area contributed by atoms with Crippen molar-refractivity contribution in [1.82, 2.24) is 10.9 Å². The second-order valence-electron chi connectivity index (χ2n) is 7.03. The lowest BCUT2D eigenvalue weighted by Crippen LogP contribution is -2.42. The SMILES string of the molecule is O=C(NNC(=O)C1CC1c1ccccc1Cl)c1cc2c(s1)CCCCC2. The molecule has 0 saturated heterocycles. The van der Waals surface area contributed by atoms with E-state index in [1.54, 1.807) is 11.3 Å². The highest BCUT2D eigenvalue weighted by Gasteiger charge is 2.45. The van der Waals surface area contributed by atoms with Gasteiger partial charge in [-0.1, -0.05) is 36.2 Å². The molecule has 1 saturated carbocycles. The summed E-state index contributed by atoms with van der Waals surface area (Å²) < 4.78 is 0. The molecular weight excluding hydrogens is 368 g/mol. The molecule has 0 radical (unpaired) electrons. The van der Waals surface area contributed by atoms with E-state index in [2.05, 4.69) is 10.9 Å². The number of hydrogen-bond acceptors (Lipinski definition) is 3. The summed E-state index contributed by atoms with van der Waals surface area (Å²) in [7, 11) is 0. The summed E-state index contributed by atoms with van der Waals surface area (Å²) in [5, 5.41) is 0.692. The van der Waals surface area contributed by atoms with E-state index in [9.17, 15) is 9.59 Å². The third-order valence-corrected chi connectivity index (χ3v) is 6.78. The van der Waals surface area contributed by atoms with Gasteiger partial charge in [0.2, 0.25) is 5.91 Å². The molecule has 2 aromatic rings. The third kappa shape index (κ3) is 3.64. The Morgan fingerprint density at radius 1 is 1.08 bits per heavy atom. The van der Waals surface area contributed by atoms with Crippen LogP contribution in [0.3, 0.4) is 0 Å². The van der Waals surface area contributed by atoms with Gasteiger partial charge in [-0.05, 0) is 61.3 Å². The van der Waals surface area contributed by atoms with Gasteiger partial charge < -0.3 is 0 Å². The first kappa shape index (κ1) is 17.6. The summed E-state index contributed by atoms with van der Waals surface area (Å²) in [6.07, 6.45) is 6.50. The molecule has 1 heterocycles. The highest BCUT2D eigenvalue weighted by molar-refractivity contribution is 7.14. The van der Waals surface area contributed by atoms with Crippen LogP contribution in [0.4, 0.5) is 0 Å². The number of nitrogens with one attached hydrogen (secondary N) is 2. The molecule has 0 aliphatic heterocycles. The summed E-state index contributed by atoms with van der Waals surface area (Å²) in [5.41, 5.74) is 7.45. The molecule has 0 spiro atoms. The predicted octanol–water partition coefficient (Wildman–Crippen LogP) is 4.24. The van der Waals surface area contributed by atoms with Crippen LogP contribution in [0.1, 0.15) is 57.3 Å². The van der Waals surface area contributed by atoms with E-state index >= 15 is 0 Å². The number of fused-ring (bicyclic) bond motifs is 1. The summed E-state index contributed by atoms with van der Waals surface area (Å²) >= 11 is 7.75. The van der Waals surface area contributed by atoms with Gasteiger partial charge in [0.05, 0.1) is 4.88 Å². The van der Waals surface area contributed by atoms with Gasteiger partial charge in [0, 0.05) is 15.8 Å². The van der Waals surface area contributed by atoms with Crippen molar-refractivity contribution >= 4 is 34.8 Å². The van der Waals surface area contributed by atoms with Gasteiger partial charge >= 0.3 is 0 Å². The molecule has 2 N–H and O–H groups in total. The van der Waals surface area contributed by atoms with Gasteiger partial charge in [-0.2, -0.15) is 0 Å². The highest BCUT2D eigenvalue weighted by atomic mass is 35.5. The van der Waals surface area contributed by atoms with Crippen molar-refractivity contribution in [2.24, 2.45) is 5.92 Å². The van der Waals surface area contributed by atoms with Crippen molar-refractivity contribution in [3.8, 4) is 0 Å². The molecule has 26 heavy (non-hydrogen) atoms. The maximum absolute atomic E-state index is 12.4. The van der Waals surface area contributed by atoms with Gasteiger partial charge in [-0.15, -0.1) is 11.3 Å². The number of amides is 2. The van der Waals surface area contributed by atoms with Gasteiger partial charge in [-0.25, -0.2) is 0 Å². The molecular formula is C20H21ClN2O2S. The monoisotopic (exact) mass is 388 g/mol. The first-order chi connectivity index (χ1) is 12.6. The predicted molar refractivity (Wildman–Crippen MR) is 103 cm³/mol. The second-order valence-corrected chi connectivity index (χ2v) is 8.58. The number of hydrazine groups is 1. The normalized spacial score (nSPS) is 21.4. The zero-order chi connectivity index (χ0) is 18.1. The number of carbonyl (C=O) groups excluding carboxylic acids is 2. The van der Waals surface area contributed by atoms with Gasteiger partial charge in [0.25, 0.3) is 5.91 Å². The standard InChI is InChI=1S/C20H21ClN2O2S/c21-16-8-5-4-7-13(16)14-11-15(14)19(24)22-23-20(25)18-10-12-6-2-1-3-9-17(12)26-18/h4-5,7-8,10,14-15H,1-3,6,9,11H2,(H,22,24)(H,23,25). The molecule has 2 amide bonds. The van der Waals surface area contributed by atoms with Crippen molar-refractivity contribution in [2.75, 3.05) is 0 Å². The number of rotatable bonds is 3. The van der Waals surface area contributed by atoms with Crippen LogP contribution >= 0.6 is 22.9 Å². The molecule has 4 rings (SSSR count). The summed E-state index contributed by atoms with van der Waals surface area (Å²) in [6, 6.07) is 9.59. The van der Waals surface area contributed by atoms with Crippen LogP contribution in [0.15, 0.2) is 30.3 Å². The minimum Gasteiger partial charge on any atom is -0.273 e. The second kappa shape index (κ2) is 7.41.